The van der Waals surface area contributed by atoms with Crippen LogP contribution in [0.1, 0.15) is 47.8 Å². The number of sulfonamides is 1. The largest absolute Gasteiger partial charge is 0.322 e. The molecule has 0 unspecified atom stereocenters. The van der Waals surface area contributed by atoms with Gasteiger partial charge < -0.3 is 5.32 Å². The van der Waals surface area contributed by atoms with Gasteiger partial charge in [-0.15, -0.1) is 0 Å². The molecule has 1 amide bonds. The number of hydrogen-bond donors (Lipinski definition) is 1. The minimum absolute atomic E-state index is 0.0407. The molecule has 0 bridgehead atoms. The van der Waals surface area contributed by atoms with Crippen LogP contribution in [0.25, 0.3) is 0 Å². The SMILES string of the molecule is CC(C)(C)c1ccc(C(=O)Nc2ccc3c(c2)CN(S(C)(=O)=O)CC3)cc1. The molecule has 0 saturated carbocycles. The van der Waals surface area contributed by atoms with Gasteiger partial charge in [0.05, 0.1) is 6.26 Å². The highest BCUT2D eigenvalue weighted by atomic mass is 32.2. The van der Waals surface area contributed by atoms with Crippen LogP contribution in [0.2, 0.25) is 0 Å². The van der Waals surface area contributed by atoms with Crippen molar-refractivity contribution >= 4 is 21.6 Å². The van der Waals surface area contributed by atoms with E-state index >= 15 is 0 Å². The number of nitrogens with zero attached hydrogens (tertiary/aromatic N) is 1. The van der Waals surface area contributed by atoms with Gasteiger partial charge in [0.15, 0.2) is 0 Å². The number of carbonyl (C=O) groups excluding carboxylic acids is 1. The van der Waals surface area contributed by atoms with Gasteiger partial charge in [-0.25, -0.2) is 8.42 Å². The first-order valence-electron chi connectivity index (χ1n) is 9.03. The van der Waals surface area contributed by atoms with E-state index in [9.17, 15) is 13.2 Å². The first kappa shape index (κ1) is 19.6. The van der Waals surface area contributed by atoms with Crippen LogP contribution < -0.4 is 5.32 Å². The Morgan fingerprint density at radius 2 is 1.70 bits per heavy atom. The molecule has 144 valence electrons. The number of anilines is 1. The molecule has 1 N–H and O–H groups in total. The zero-order chi connectivity index (χ0) is 19.8. The van der Waals surface area contributed by atoms with Crippen LogP contribution in [0, 0.1) is 0 Å². The van der Waals surface area contributed by atoms with Crippen LogP contribution in [0.15, 0.2) is 42.5 Å². The summed E-state index contributed by atoms with van der Waals surface area (Å²) in [6.45, 7) is 7.24. The van der Waals surface area contributed by atoms with E-state index in [2.05, 4.69) is 26.1 Å². The molecule has 0 spiro atoms. The highest BCUT2D eigenvalue weighted by Gasteiger charge is 2.23. The van der Waals surface area contributed by atoms with Crippen LogP contribution in [0.4, 0.5) is 5.69 Å². The van der Waals surface area contributed by atoms with Gasteiger partial charge in [0.2, 0.25) is 10.0 Å². The normalized spacial score (nSPS) is 15.3. The van der Waals surface area contributed by atoms with Gasteiger partial charge in [0, 0.05) is 24.3 Å². The Balaban J connectivity index is 1.76. The second-order valence-corrected chi connectivity index (χ2v) is 10.1. The lowest BCUT2D eigenvalue weighted by Gasteiger charge is -2.27. The van der Waals surface area contributed by atoms with Crippen molar-refractivity contribution in [3.8, 4) is 0 Å². The lowest BCUT2D eigenvalue weighted by Crippen LogP contribution is -2.35. The molecule has 5 nitrogen and oxygen atoms in total. The van der Waals surface area contributed by atoms with Crippen molar-refractivity contribution in [3.63, 3.8) is 0 Å². The van der Waals surface area contributed by atoms with E-state index in [1.807, 2.05) is 42.5 Å². The van der Waals surface area contributed by atoms with Crippen molar-refractivity contribution in [2.75, 3.05) is 18.1 Å². The summed E-state index contributed by atoms with van der Waals surface area (Å²) in [6, 6.07) is 13.3. The topological polar surface area (TPSA) is 66.5 Å². The molecule has 0 fully saturated rings. The minimum atomic E-state index is -3.22. The average molecular weight is 387 g/mol. The quantitative estimate of drug-likeness (QED) is 0.877. The van der Waals surface area contributed by atoms with E-state index < -0.39 is 10.0 Å². The van der Waals surface area contributed by atoms with E-state index in [0.717, 1.165) is 11.1 Å². The zero-order valence-electron chi connectivity index (χ0n) is 16.2. The first-order valence-corrected chi connectivity index (χ1v) is 10.9. The fourth-order valence-electron chi connectivity index (χ4n) is 3.22. The summed E-state index contributed by atoms with van der Waals surface area (Å²) in [5.74, 6) is -0.175. The average Bonchev–Trinajstić information content (AvgIpc) is 2.59. The molecule has 1 heterocycles. The zero-order valence-corrected chi connectivity index (χ0v) is 17.1. The molecule has 0 aliphatic carbocycles. The fourth-order valence-corrected chi connectivity index (χ4v) is 4.01. The molecule has 0 saturated heterocycles. The van der Waals surface area contributed by atoms with Crippen LogP contribution in [0.5, 0.6) is 0 Å². The molecule has 1 aliphatic rings. The number of fused-ring (bicyclic) bond motifs is 1. The number of hydrogen-bond acceptors (Lipinski definition) is 3. The second-order valence-electron chi connectivity index (χ2n) is 8.11. The summed E-state index contributed by atoms with van der Waals surface area (Å²) in [6.07, 6.45) is 1.91. The minimum Gasteiger partial charge on any atom is -0.322 e. The summed E-state index contributed by atoms with van der Waals surface area (Å²) in [5.41, 5.74) is 4.55. The molecular formula is C21H26N2O3S. The standard InChI is InChI=1S/C21H26N2O3S/c1-21(2,3)18-8-5-16(6-9-18)20(24)22-19-10-7-15-11-12-23(27(4,25)26)14-17(15)13-19/h5-10,13H,11-12,14H2,1-4H3,(H,22,24). The monoisotopic (exact) mass is 386 g/mol. The maximum atomic E-state index is 12.5. The van der Waals surface area contributed by atoms with E-state index in [1.54, 1.807) is 0 Å². The number of amides is 1. The van der Waals surface area contributed by atoms with Crippen molar-refractivity contribution in [1.82, 2.24) is 4.31 Å². The molecule has 3 rings (SSSR count). The van der Waals surface area contributed by atoms with Crippen molar-refractivity contribution in [3.05, 3.63) is 64.7 Å². The molecule has 27 heavy (non-hydrogen) atoms. The third-order valence-electron chi connectivity index (χ3n) is 4.92. The van der Waals surface area contributed by atoms with Crippen molar-refractivity contribution in [2.45, 2.75) is 39.2 Å². The van der Waals surface area contributed by atoms with Gasteiger partial charge in [0.1, 0.15) is 0 Å². The van der Waals surface area contributed by atoms with E-state index in [-0.39, 0.29) is 11.3 Å². The lowest BCUT2D eigenvalue weighted by atomic mass is 9.87. The predicted molar refractivity (Wildman–Crippen MR) is 108 cm³/mol. The van der Waals surface area contributed by atoms with Gasteiger partial charge >= 0.3 is 0 Å². The maximum absolute atomic E-state index is 12.5. The summed E-state index contributed by atoms with van der Waals surface area (Å²) < 4.78 is 25.1. The van der Waals surface area contributed by atoms with Crippen LogP contribution in [-0.4, -0.2) is 31.4 Å². The Hall–Kier alpha value is -2.18. The molecule has 2 aromatic carbocycles. The predicted octanol–water partition coefficient (Wildman–Crippen LogP) is 3.55. The molecule has 0 atom stereocenters. The molecule has 0 radical (unpaired) electrons. The Morgan fingerprint density at radius 1 is 1.04 bits per heavy atom. The smallest absolute Gasteiger partial charge is 0.255 e. The molecule has 6 heteroatoms. The van der Waals surface area contributed by atoms with Gasteiger partial charge in [-0.2, -0.15) is 4.31 Å². The fraction of sp³-hybridized carbons (Fsp3) is 0.381. The number of carbonyl (C=O) groups is 1. The molecule has 0 aromatic heterocycles. The number of rotatable bonds is 3. The summed E-state index contributed by atoms with van der Waals surface area (Å²) in [7, 11) is -3.22. The Kier molecular flexibility index (Phi) is 5.14. The third kappa shape index (κ3) is 4.57. The van der Waals surface area contributed by atoms with Crippen LogP contribution in [0.3, 0.4) is 0 Å². The van der Waals surface area contributed by atoms with Gasteiger partial charge in [-0.1, -0.05) is 39.0 Å². The highest BCUT2D eigenvalue weighted by Crippen LogP contribution is 2.25. The first-order chi connectivity index (χ1) is 12.5. The summed E-state index contributed by atoms with van der Waals surface area (Å²) in [4.78, 5) is 12.5. The van der Waals surface area contributed by atoms with Crippen molar-refractivity contribution < 1.29 is 13.2 Å². The Morgan fingerprint density at radius 3 is 2.30 bits per heavy atom. The van der Waals surface area contributed by atoms with Crippen molar-refractivity contribution in [2.24, 2.45) is 0 Å². The number of nitrogens with one attached hydrogen (secondary N) is 1. The van der Waals surface area contributed by atoms with E-state index in [0.29, 0.717) is 30.8 Å². The van der Waals surface area contributed by atoms with E-state index in [4.69, 9.17) is 0 Å². The molecular weight excluding hydrogens is 360 g/mol. The Bertz CT molecular complexity index is 958. The molecule has 2 aromatic rings. The van der Waals surface area contributed by atoms with Gasteiger partial charge in [-0.05, 0) is 52.8 Å². The van der Waals surface area contributed by atoms with Crippen molar-refractivity contribution in [1.29, 1.82) is 0 Å². The van der Waals surface area contributed by atoms with Crippen LogP contribution in [-0.2, 0) is 28.4 Å². The lowest BCUT2D eigenvalue weighted by molar-refractivity contribution is 0.102. The highest BCUT2D eigenvalue weighted by molar-refractivity contribution is 7.88. The second kappa shape index (κ2) is 7.09. The third-order valence-corrected chi connectivity index (χ3v) is 6.17. The maximum Gasteiger partial charge on any atom is 0.255 e. The number of benzene rings is 2. The summed E-state index contributed by atoms with van der Waals surface area (Å²) >= 11 is 0. The van der Waals surface area contributed by atoms with Crippen LogP contribution >= 0.6 is 0 Å². The molecule has 1 aliphatic heterocycles. The van der Waals surface area contributed by atoms with E-state index in [1.165, 1.54) is 16.1 Å². The Labute approximate surface area is 161 Å². The summed E-state index contributed by atoms with van der Waals surface area (Å²) in [5, 5.41) is 2.91. The van der Waals surface area contributed by atoms with Gasteiger partial charge in [0.25, 0.3) is 5.91 Å². The van der Waals surface area contributed by atoms with Gasteiger partial charge in [-0.3, -0.25) is 4.79 Å².